The number of hydrogen-bond acceptors (Lipinski definition) is 10. The molecule has 0 radical (unpaired) electrons. The van der Waals surface area contributed by atoms with Crippen LogP contribution in [-0.4, -0.2) is 106 Å². The summed E-state index contributed by atoms with van der Waals surface area (Å²) >= 11 is 0. The van der Waals surface area contributed by atoms with Gasteiger partial charge in [0.2, 0.25) is 11.8 Å². The summed E-state index contributed by atoms with van der Waals surface area (Å²) in [5, 5.41) is 7.50. The molecule has 2 saturated heterocycles. The van der Waals surface area contributed by atoms with Crippen LogP contribution in [0.5, 0.6) is 5.75 Å². The number of aromatic amines is 2. The zero-order chi connectivity index (χ0) is 45.4. The van der Waals surface area contributed by atoms with E-state index in [-0.39, 0.29) is 47.7 Å². The predicted molar refractivity (Wildman–Crippen MR) is 241 cm³/mol. The number of imidazole rings is 2. The van der Waals surface area contributed by atoms with Crippen molar-refractivity contribution < 1.29 is 38.1 Å². The van der Waals surface area contributed by atoms with Gasteiger partial charge in [-0.2, -0.15) is 0 Å². The minimum absolute atomic E-state index is 0.0203. The molecule has 4 N–H and O–H groups in total. The molecule has 3 aliphatic heterocycles. The van der Waals surface area contributed by atoms with Crippen molar-refractivity contribution in [3.63, 3.8) is 0 Å². The van der Waals surface area contributed by atoms with Gasteiger partial charge in [-0.1, -0.05) is 58.7 Å². The number of H-pyrrole nitrogens is 2. The Morgan fingerprint density at radius 3 is 2.27 bits per heavy atom. The summed E-state index contributed by atoms with van der Waals surface area (Å²) in [7, 11) is 4.26. The number of alkyl carbamates (subject to hydrolysis) is 2. The van der Waals surface area contributed by atoms with Gasteiger partial charge in [0.25, 0.3) is 0 Å². The van der Waals surface area contributed by atoms with Crippen LogP contribution in [0.1, 0.15) is 96.0 Å². The molecule has 340 valence electrons. The number of ether oxygens (including phenoxy) is 4. The molecular weight excluding hydrogens is 817 g/mol. The van der Waals surface area contributed by atoms with Gasteiger partial charge in [0.15, 0.2) is 0 Å². The van der Waals surface area contributed by atoms with Crippen LogP contribution in [0.2, 0.25) is 0 Å². The second-order valence-electron chi connectivity index (χ2n) is 17.7. The monoisotopic (exact) mass is 876 g/mol. The average Bonchev–Trinajstić information content (AvgIpc) is 4.14. The number of amides is 4. The van der Waals surface area contributed by atoms with Gasteiger partial charge in [0.05, 0.1) is 55.8 Å². The number of methoxy groups -OCH3 is 3. The Morgan fingerprint density at radius 1 is 0.859 bits per heavy atom. The highest BCUT2D eigenvalue weighted by atomic mass is 16.5. The molecule has 16 nitrogen and oxygen atoms in total. The Bertz CT molecular complexity index is 2550. The number of carbonyl (C=O) groups excluding carboxylic acids is 4. The van der Waals surface area contributed by atoms with Crippen LogP contribution in [0.15, 0.2) is 48.7 Å². The molecule has 2 aromatic heterocycles. The van der Waals surface area contributed by atoms with E-state index < -0.39 is 24.3 Å². The number of likely N-dealkylation sites (tertiary alicyclic amines) is 2. The van der Waals surface area contributed by atoms with Crippen molar-refractivity contribution in [2.45, 2.75) is 104 Å². The highest BCUT2D eigenvalue weighted by Gasteiger charge is 2.43. The predicted octanol–water partition coefficient (Wildman–Crippen LogP) is 7.80. The summed E-state index contributed by atoms with van der Waals surface area (Å²) in [6.07, 6.45) is 4.20. The van der Waals surface area contributed by atoms with Crippen LogP contribution in [0.3, 0.4) is 0 Å². The maximum absolute atomic E-state index is 14.2. The quantitative estimate of drug-likeness (QED) is 0.0908. The minimum atomic E-state index is -0.748. The smallest absolute Gasteiger partial charge is 0.407 e. The lowest BCUT2D eigenvalue weighted by Crippen LogP contribution is -2.53. The third kappa shape index (κ3) is 8.35. The van der Waals surface area contributed by atoms with E-state index in [4.69, 9.17) is 28.9 Å². The van der Waals surface area contributed by atoms with Crippen LogP contribution < -0.4 is 15.4 Å². The topological polar surface area (TPSA) is 193 Å². The fourth-order valence-corrected chi connectivity index (χ4v) is 9.77. The molecule has 4 amide bonds. The fourth-order valence-electron chi connectivity index (χ4n) is 9.77. The zero-order valence-electron chi connectivity index (χ0n) is 37.9. The summed E-state index contributed by atoms with van der Waals surface area (Å²) < 4.78 is 21.7. The molecule has 0 aliphatic carbocycles. The largest absolute Gasteiger partial charge is 0.488 e. The molecule has 0 spiro atoms. The van der Waals surface area contributed by atoms with Crippen molar-refractivity contribution in [3.05, 3.63) is 65.9 Å². The molecule has 5 aromatic rings. The van der Waals surface area contributed by atoms with Crippen LogP contribution >= 0.6 is 0 Å². The lowest BCUT2D eigenvalue weighted by Gasteiger charge is -2.33. The van der Waals surface area contributed by atoms with Crippen LogP contribution in [0.25, 0.3) is 44.2 Å². The average molecular weight is 877 g/mol. The Balaban J connectivity index is 1.05. The SMILES string of the molecule is CCC(C)C(NC(=O)OC)C(=O)N1CC(COC)CC1c1nc2c(ccc3cc4c(cc32)OCc2cc(-c3cnc(C5CCC(C)N5C(=O)C(NC(=O)OC)C(C)CC)[nH]3)ccc2-4)[nH]1. The van der Waals surface area contributed by atoms with Gasteiger partial charge < -0.3 is 49.3 Å². The molecule has 3 aliphatic rings. The van der Waals surface area contributed by atoms with Crippen molar-refractivity contribution in [2.24, 2.45) is 17.8 Å². The molecule has 3 aromatic carbocycles. The Morgan fingerprint density at radius 2 is 1.58 bits per heavy atom. The molecule has 8 atom stereocenters. The summed E-state index contributed by atoms with van der Waals surface area (Å²) in [5.41, 5.74) is 6.52. The number of aromatic nitrogens is 4. The van der Waals surface area contributed by atoms with Gasteiger partial charge in [-0.25, -0.2) is 19.6 Å². The molecule has 0 bridgehead atoms. The minimum Gasteiger partial charge on any atom is -0.488 e. The first-order valence-corrected chi connectivity index (χ1v) is 22.5. The van der Waals surface area contributed by atoms with Crippen molar-refractivity contribution in [3.8, 4) is 28.1 Å². The van der Waals surface area contributed by atoms with Gasteiger partial charge >= 0.3 is 12.2 Å². The number of nitrogens with one attached hydrogen (secondary N) is 4. The fraction of sp³-hybridized carbons (Fsp3) is 0.500. The molecule has 8 rings (SSSR count). The lowest BCUT2D eigenvalue weighted by molar-refractivity contribution is -0.137. The van der Waals surface area contributed by atoms with Gasteiger partial charge in [0.1, 0.15) is 36.1 Å². The van der Waals surface area contributed by atoms with Crippen molar-refractivity contribution in [1.82, 2.24) is 40.4 Å². The first kappa shape index (κ1) is 44.4. The van der Waals surface area contributed by atoms with E-state index in [0.29, 0.717) is 44.2 Å². The summed E-state index contributed by atoms with van der Waals surface area (Å²) in [5.74, 6) is 1.74. The van der Waals surface area contributed by atoms with E-state index in [0.717, 1.165) is 74.8 Å². The molecule has 5 heterocycles. The van der Waals surface area contributed by atoms with Gasteiger partial charge in [-0.05, 0) is 84.4 Å². The van der Waals surface area contributed by atoms with E-state index in [2.05, 4.69) is 57.0 Å². The second kappa shape index (κ2) is 18.5. The van der Waals surface area contributed by atoms with Crippen LogP contribution in [-0.2, 0) is 30.4 Å². The normalized spacial score (nSPS) is 21.1. The molecule has 64 heavy (non-hydrogen) atoms. The number of benzene rings is 3. The highest BCUT2D eigenvalue weighted by molar-refractivity contribution is 6.07. The van der Waals surface area contributed by atoms with Gasteiger partial charge in [0, 0.05) is 36.6 Å². The Labute approximate surface area is 373 Å². The number of carbonyl (C=O) groups is 4. The molecule has 8 unspecified atom stereocenters. The van der Waals surface area contributed by atoms with E-state index >= 15 is 0 Å². The maximum atomic E-state index is 14.2. The zero-order valence-corrected chi connectivity index (χ0v) is 37.9. The van der Waals surface area contributed by atoms with E-state index in [1.165, 1.54) is 14.2 Å². The highest BCUT2D eigenvalue weighted by Crippen LogP contribution is 2.44. The molecule has 0 saturated carbocycles. The van der Waals surface area contributed by atoms with Crippen LogP contribution in [0, 0.1) is 17.8 Å². The standard InChI is InChI=1S/C48H60N8O8/c1-9-25(3)40(53-47(59)62-7)45(57)55-22-28(23-61-6)17-38(55)44-50-35-15-13-29-19-34-32-14-12-30(18-31(32)24-64-39(34)20-33(29)42(35)52-44)36-21-49-43(51-36)37-16-11-27(5)56(37)46(58)41(26(4)10-2)54-48(60)63-8/h12-15,18-21,25-28,37-38,40-41H,9-11,16-17,22-24H2,1-8H3,(H,49,51)(H,50,52)(H,53,59)(H,54,60). The number of hydrogen-bond donors (Lipinski definition) is 4. The van der Waals surface area contributed by atoms with Gasteiger partial charge in [-0.15, -0.1) is 0 Å². The number of nitrogens with zero attached hydrogens (tertiary/aromatic N) is 4. The van der Waals surface area contributed by atoms with Crippen molar-refractivity contribution >= 4 is 45.8 Å². The summed E-state index contributed by atoms with van der Waals surface area (Å²) in [4.78, 5) is 73.5. The van der Waals surface area contributed by atoms with E-state index in [1.807, 2.05) is 56.7 Å². The third-order valence-electron chi connectivity index (χ3n) is 13.8. The van der Waals surface area contributed by atoms with Gasteiger partial charge in [-0.3, -0.25) is 9.59 Å². The maximum Gasteiger partial charge on any atom is 0.407 e. The lowest BCUT2D eigenvalue weighted by atomic mass is 9.92. The molecular formula is C48H60N8O8. The first-order chi connectivity index (χ1) is 30.9. The molecule has 2 fully saturated rings. The van der Waals surface area contributed by atoms with E-state index in [1.54, 1.807) is 7.11 Å². The van der Waals surface area contributed by atoms with Crippen LogP contribution in [0.4, 0.5) is 9.59 Å². The number of rotatable bonds is 13. The number of fused-ring (bicyclic) bond motifs is 6. The first-order valence-electron chi connectivity index (χ1n) is 22.5. The van der Waals surface area contributed by atoms with Crippen molar-refractivity contribution in [1.29, 1.82) is 0 Å². The van der Waals surface area contributed by atoms with E-state index in [9.17, 15) is 19.2 Å². The Hall–Kier alpha value is -6.16. The summed E-state index contributed by atoms with van der Waals surface area (Å²) in [6, 6.07) is 12.6. The third-order valence-corrected chi connectivity index (χ3v) is 13.8. The second-order valence-corrected chi connectivity index (χ2v) is 17.7. The van der Waals surface area contributed by atoms with Crippen molar-refractivity contribution in [2.75, 3.05) is 34.5 Å². The Kier molecular flexibility index (Phi) is 12.9. The molecule has 16 heteroatoms. The summed E-state index contributed by atoms with van der Waals surface area (Å²) in [6.45, 7) is 11.3.